The largest absolute Gasteiger partial charge is 0.147 e. The van der Waals surface area contributed by atoms with Gasteiger partial charge >= 0.3 is 0 Å². The highest BCUT2D eigenvalue weighted by atomic mass is 79.9. The second kappa shape index (κ2) is 5.36. The van der Waals surface area contributed by atoms with Crippen LogP contribution in [-0.2, 0) is 6.42 Å². The minimum Gasteiger partial charge on any atom is -0.147 e. The summed E-state index contributed by atoms with van der Waals surface area (Å²) in [7, 11) is 0. The molecule has 0 amide bonds. The maximum atomic E-state index is 3.81. The van der Waals surface area contributed by atoms with Crippen LogP contribution in [0.5, 0.6) is 0 Å². The molecule has 0 aliphatic carbocycles. The molecule has 2 heteroatoms. The van der Waals surface area contributed by atoms with Gasteiger partial charge in [0.15, 0.2) is 0 Å². The smallest absolute Gasteiger partial charge is 0.0532 e. The molecule has 0 spiro atoms. The van der Waals surface area contributed by atoms with E-state index in [0.29, 0.717) is 4.83 Å². The monoisotopic (exact) mass is 308 g/mol. The Bertz CT molecular complexity index is 513. The Morgan fingerprint density at radius 1 is 1.06 bits per heavy atom. The Hall–Kier alpha value is -0.600. The van der Waals surface area contributed by atoms with Crippen LogP contribution in [0.15, 0.2) is 29.6 Å². The molecule has 1 aromatic heterocycles. The van der Waals surface area contributed by atoms with Crippen LogP contribution >= 0.6 is 27.3 Å². The van der Waals surface area contributed by atoms with E-state index in [2.05, 4.69) is 66.3 Å². The highest BCUT2D eigenvalue weighted by molar-refractivity contribution is 9.09. The molecule has 0 aliphatic heterocycles. The molecule has 0 N–H and O–H groups in total. The highest BCUT2D eigenvalue weighted by Gasteiger charge is 2.12. The van der Waals surface area contributed by atoms with Crippen molar-refractivity contribution in [2.75, 3.05) is 0 Å². The molecule has 2 rings (SSSR count). The molecule has 1 atom stereocenters. The van der Waals surface area contributed by atoms with Crippen LogP contribution < -0.4 is 0 Å². The summed E-state index contributed by atoms with van der Waals surface area (Å²) in [5.41, 5.74) is 5.54. The molecule has 0 radical (unpaired) electrons. The van der Waals surface area contributed by atoms with Crippen LogP contribution in [0, 0.1) is 20.8 Å². The van der Waals surface area contributed by atoms with E-state index in [9.17, 15) is 0 Å². The van der Waals surface area contributed by atoms with Crippen LogP contribution in [0.3, 0.4) is 0 Å². The van der Waals surface area contributed by atoms with Gasteiger partial charge in [-0.1, -0.05) is 34.1 Å². The summed E-state index contributed by atoms with van der Waals surface area (Å²) in [5, 5.41) is 2.17. The number of aryl methyl sites for hydroxylation is 3. The van der Waals surface area contributed by atoms with E-state index in [0.717, 1.165) is 6.42 Å². The highest BCUT2D eigenvalue weighted by Crippen LogP contribution is 2.33. The number of alkyl halides is 1. The number of thiophene rings is 1. The normalized spacial score (nSPS) is 12.7. The first-order valence-electron chi connectivity index (χ1n) is 5.82. The fraction of sp³-hybridized carbons (Fsp3) is 0.333. The quantitative estimate of drug-likeness (QED) is 0.670. The third kappa shape index (κ3) is 2.99. The van der Waals surface area contributed by atoms with Gasteiger partial charge in [-0.3, -0.25) is 0 Å². The molecular formula is C15H17BrS. The van der Waals surface area contributed by atoms with Crippen LogP contribution in [0.25, 0.3) is 0 Å². The van der Waals surface area contributed by atoms with Crippen molar-refractivity contribution >= 4 is 27.3 Å². The van der Waals surface area contributed by atoms with Crippen molar-refractivity contribution in [1.29, 1.82) is 0 Å². The average Bonchev–Trinajstić information content (AvgIpc) is 2.70. The molecule has 0 nitrogen and oxygen atoms in total. The first-order valence-corrected chi connectivity index (χ1v) is 7.61. The zero-order chi connectivity index (χ0) is 12.4. The molecule has 1 aromatic carbocycles. The van der Waals surface area contributed by atoms with Gasteiger partial charge in [0, 0.05) is 4.88 Å². The third-order valence-electron chi connectivity index (χ3n) is 3.17. The van der Waals surface area contributed by atoms with Crippen molar-refractivity contribution in [3.63, 3.8) is 0 Å². The predicted molar refractivity (Wildman–Crippen MR) is 80.3 cm³/mol. The number of hydrogen-bond donors (Lipinski definition) is 0. The van der Waals surface area contributed by atoms with Crippen LogP contribution in [0.4, 0.5) is 0 Å². The maximum Gasteiger partial charge on any atom is 0.0532 e. The van der Waals surface area contributed by atoms with Gasteiger partial charge in [0.25, 0.3) is 0 Å². The molecule has 0 saturated heterocycles. The Balaban J connectivity index is 2.16. The van der Waals surface area contributed by atoms with Gasteiger partial charge in [0.1, 0.15) is 0 Å². The molecule has 0 saturated carbocycles. The Morgan fingerprint density at radius 3 is 2.41 bits per heavy atom. The Kier molecular flexibility index (Phi) is 4.05. The fourth-order valence-electron chi connectivity index (χ4n) is 1.94. The zero-order valence-corrected chi connectivity index (χ0v) is 12.9. The maximum absolute atomic E-state index is 3.81. The Labute approximate surface area is 116 Å². The summed E-state index contributed by atoms with van der Waals surface area (Å²) in [4.78, 5) is 1.88. The Morgan fingerprint density at radius 2 is 1.82 bits per heavy atom. The molecule has 0 fully saturated rings. The van der Waals surface area contributed by atoms with Gasteiger partial charge in [-0.15, -0.1) is 11.3 Å². The van der Waals surface area contributed by atoms with E-state index < -0.39 is 0 Å². The van der Waals surface area contributed by atoms with E-state index >= 15 is 0 Å². The minimum atomic E-state index is 0.435. The van der Waals surface area contributed by atoms with E-state index in [4.69, 9.17) is 0 Å². The fourth-order valence-corrected chi connectivity index (χ4v) is 3.90. The molecule has 0 bridgehead atoms. The summed E-state index contributed by atoms with van der Waals surface area (Å²) in [5.74, 6) is 0. The predicted octanol–water partition coefficient (Wildman–Crippen LogP) is 5.35. The molecule has 90 valence electrons. The third-order valence-corrected chi connectivity index (χ3v) is 5.39. The lowest BCUT2D eigenvalue weighted by atomic mass is 10.0. The van der Waals surface area contributed by atoms with E-state index in [-0.39, 0.29) is 0 Å². The molecule has 2 aromatic rings. The van der Waals surface area contributed by atoms with Crippen molar-refractivity contribution < 1.29 is 0 Å². The van der Waals surface area contributed by atoms with Crippen LogP contribution in [-0.4, -0.2) is 0 Å². The van der Waals surface area contributed by atoms with Gasteiger partial charge in [0.2, 0.25) is 0 Å². The standard InChI is InChI=1S/C15H17BrS/c1-10-4-5-13(8-12(10)3)9-14(16)15-11(2)6-7-17-15/h4-8,14H,9H2,1-3H3. The second-order valence-electron chi connectivity index (χ2n) is 4.56. The second-order valence-corrected chi connectivity index (χ2v) is 6.61. The summed E-state index contributed by atoms with van der Waals surface area (Å²) in [6, 6.07) is 8.94. The summed E-state index contributed by atoms with van der Waals surface area (Å²) >= 11 is 5.64. The molecule has 1 heterocycles. The van der Waals surface area contributed by atoms with Crippen molar-refractivity contribution in [2.24, 2.45) is 0 Å². The topological polar surface area (TPSA) is 0 Å². The number of rotatable bonds is 3. The number of halogens is 1. The van der Waals surface area contributed by atoms with Gasteiger partial charge in [0.05, 0.1) is 4.83 Å². The lowest BCUT2D eigenvalue weighted by molar-refractivity contribution is 0.957. The number of benzene rings is 1. The zero-order valence-electron chi connectivity index (χ0n) is 10.5. The first kappa shape index (κ1) is 12.8. The van der Waals surface area contributed by atoms with Gasteiger partial charge in [-0.25, -0.2) is 0 Å². The van der Waals surface area contributed by atoms with Gasteiger partial charge < -0.3 is 0 Å². The molecule has 17 heavy (non-hydrogen) atoms. The molecule has 0 aliphatic rings. The molecular weight excluding hydrogens is 292 g/mol. The SMILES string of the molecule is Cc1ccc(CC(Br)c2sccc2C)cc1C. The van der Waals surface area contributed by atoms with Crippen LogP contribution in [0.1, 0.15) is 32.0 Å². The number of hydrogen-bond acceptors (Lipinski definition) is 1. The minimum absolute atomic E-state index is 0.435. The van der Waals surface area contributed by atoms with E-state index in [1.807, 2.05) is 11.3 Å². The first-order chi connectivity index (χ1) is 8.08. The van der Waals surface area contributed by atoms with E-state index in [1.54, 1.807) is 0 Å². The lowest BCUT2D eigenvalue weighted by Crippen LogP contribution is -1.95. The van der Waals surface area contributed by atoms with Crippen molar-refractivity contribution in [3.8, 4) is 0 Å². The summed E-state index contributed by atoms with van der Waals surface area (Å²) in [6.45, 7) is 6.52. The van der Waals surface area contributed by atoms with Gasteiger partial charge in [-0.2, -0.15) is 0 Å². The van der Waals surface area contributed by atoms with E-state index in [1.165, 1.54) is 27.1 Å². The van der Waals surface area contributed by atoms with Gasteiger partial charge in [-0.05, 0) is 60.9 Å². The summed E-state index contributed by atoms with van der Waals surface area (Å²) in [6.07, 6.45) is 1.06. The molecule has 1 unspecified atom stereocenters. The van der Waals surface area contributed by atoms with Crippen molar-refractivity contribution in [3.05, 3.63) is 56.8 Å². The lowest BCUT2D eigenvalue weighted by Gasteiger charge is -2.11. The van der Waals surface area contributed by atoms with Crippen molar-refractivity contribution in [1.82, 2.24) is 0 Å². The summed E-state index contributed by atoms with van der Waals surface area (Å²) < 4.78 is 0. The van der Waals surface area contributed by atoms with Crippen LogP contribution in [0.2, 0.25) is 0 Å². The van der Waals surface area contributed by atoms with Crippen molar-refractivity contribution in [2.45, 2.75) is 32.0 Å². The average molecular weight is 309 g/mol.